The van der Waals surface area contributed by atoms with E-state index in [0.717, 1.165) is 11.3 Å². The maximum Gasteiger partial charge on any atom is 0.273 e. The molecule has 94 valence electrons. The topological polar surface area (TPSA) is 86.5 Å². The van der Waals surface area contributed by atoms with Gasteiger partial charge in [-0.25, -0.2) is 0 Å². The molecule has 3 N–H and O–H groups in total. The van der Waals surface area contributed by atoms with Crippen LogP contribution in [-0.4, -0.2) is 26.1 Å². The molecule has 0 fully saturated rings. The van der Waals surface area contributed by atoms with Crippen molar-refractivity contribution >= 4 is 11.7 Å². The van der Waals surface area contributed by atoms with Gasteiger partial charge in [0.2, 0.25) is 0 Å². The molecule has 3 rings (SSSR count). The Kier molecular flexibility index (Phi) is 2.82. The van der Waals surface area contributed by atoms with Crippen molar-refractivity contribution in [3.8, 4) is 11.3 Å². The summed E-state index contributed by atoms with van der Waals surface area (Å²) < 4.78 is 0. The summed E-state index contributed by atoms with van der Waals surface area (Å²) in [5.74, 6) is 0.243. The largest absolute Gasteiger partial charge is 0.357 e. The molecule has 3 heterocycles. The highest BCUT2D eigenvalue weighted by atomic mass is 16.1. The van der Waals surface area contributed by atoms with Crippen molar-refractivity contribution in [1.29, 1.82) is 0 Å². The minimum absolute atomic E-state index is 0.228. The number of pyridine rings is 1. The van der Waals surface area contributed by atoms with Crippen molar-refractivity contribution < 1.29 is 4.79 Å². The molecule has 0 aliphatic rings. The highest BCUT2D eigenvalue weighted by Gasteiger charge is 2.09. The number of hydrogen-bond acceptors (Lipinski definition) is 3. The second kappa shape index (κ2) is 4.77. The van der Waals surface area contributed by atoms with Gasteiger partial charge in [-0.05, 0) is 24.3 Å². The number of hydrogen-bond donors (Lipinski definition) is 3. The summed E-state index contributed by atoms with van der Waals surface area (Å²) in [5, 5.41) is 9.60. The van der Waals surface area contributed by atoms with Crippen LogP contribution in [0.5, 0.6) is 0 Å². The van der Waals surface area contributed by atoms with Crippen molar-refractivity contribution in [3.05, 3.63) is 54.6 Å². The number of anilines is 1. The van der Waals surface area contributed by atoms with Crippen LogP contribution in [0.4, 0.5) is 5.82 Å². The van der Waals surface area contributed by atoms with Gasteiger partial charge in [-0.15, -0.1) is 0 Å². The Morgan fingerprint density at radius 1 is 1.26 bits per heavy atom. The second-order valence-electron chi connectivity index (χ2n) is 3.95. The molecule has 0 unspecified atom stereocenters. The molecule has 3 aromatic rings. The van der Waals surface area contributed by atoms with E-state index in [-0.39, 0.29) is 5.91 Å². The Morgan fingerprint density at radius 3 is 2.95 bits per heavy atom. The lowest BCUT2D eigenvalue weighted by Crippen LogP contribution is -2.12. The number of carbonyl (C=O) groups is 1. The first-order valence-corrected chi connectivity index (χ1v) is 5.73. The first-order chi connectivity index (χ1) is 9.33. The van der Waals surface area contributed by atoms with Gasteiger partial charge in [0.15, 0.2) is 5.82 Å². The number of aromatic amines is 2. The van der Waals surface area contributed by atoms with Crippen molar-refractivity contribution in [2.24, 2.45) is 0 Å². The van der Waals surface area contributed by atoms with Crippen LogP contribution in [0.3, 0.4) is 0 Å². The van der Waals surface area contributed by atoms with Crippen LogP contribution in [0, 0.1) is 0 Å². The van der Waals surface area contributed by atoms with E-state index >= 15 is 0 Å². The highest BCUT2D eigenvalue weighted by molar-refractivity contribution is 6.02. The minimum Gasteiger partial charge on any atom is -0.357 e. The molecule has 0 spiro atoms. The number of aromatic nitrogens is 4. The van der Waals surface area contributed by atoms with Crippen LogP contribution in [0.25, 0.3) is 11.3 Å². The normalized spacial score (nSPS) is 10.3. The molecule has 19 heavy (non-hydrogen) atoms. The summed E-state index contributed by atoms with van der Waals surface area (Å²) in [7, 11) is 0. The third-order valence-electron chi connectivity index (χ3n) is 2.63. The quantitative estimate of drug-likeness (QED) is 0.667. The maximum atomic E-state index is 11.8. The fraction of sp³-hybridized carbons (Fsp3) is 0. The van der Waals surface area contributed by atoms with Gasteiger partial charge >= 0.3 is 0 Å². The van der Waals surface area contributed by atoms with E-state index in [4.69, 9.17) is 0 Å². The second-order valence-corrected chi connectivity index (χ2v) is 3.95. The Morgan fingerprint density at radius 2 is 2.21 bits per heavy atom. The van der Waals surface area contributed by atoms with Gasteiger partial charge in [-0.2, -0.15) is 5.10 Å². The molecule has 0 aromatic carbocycles. The molecule has 0 bridgehead atoms. The average Bonchev–Trinajstić information content (AvgIpc) is 3.11. The van der Waals surface area contributed by atoms with Gasteiger partial charge in [0, 0.05) is 30.2 Å². The maximum absolute atomic E-state index is 11.8. The van der Waals surface area contributed by atoms with Crippen LogP contribution >= 0.6 is 0 Å². The summed E-state index contributed by atoms with van der Waals surface area (Å²) in [4.78, 5) is 18.7. The molecule has 0 saturated heterocycles. The predicted octanol–water partition coefficient (Wildman–Crippen LogP) is 2.05. The Balaban J connectivity index is 1.77. The lowest BCUT2D eigenvalue weighted by Gasteiger charge is -1.97. The van der Waals surface area contributed by atoms with E-state index in [0.29, 0.717) is 11.5 Å². The summed E-state index contributed by atoms with van der Waals surface area (Å²) in [5.41, 5.74) is 2.20. The number of nitrogens with one attached hydrogen (secondary N) is 3. The lowest BCUT2D eigenvalue weighted by molar-refractivity contribution is 0.102. The van der Waals surface area contributed by atoms with Crippen LogP contribution in [0.2, 0.25) is 0 Å². The minimum atomic E-state index is -0.228. The van der Waals surface area contributed by atoms with E-state index < -0.39 is 0 Å². The standard InChI is InChI=1S/C13H11N5O/c19-13(10-4-2-6-15-10)16-12-7-11(17-18-12)9-3-1-5-14-8-9/h1-8,15H,(H2,16,17,18,19). The van der Waals surface area contributed by atoms with Crippen LogP contribution in [0.15, 0.2) is 48.9 Å². The van der Waals surface area contributed by atoms with Gasteiger partial charge in [-0.3, -0.25) is 14.9 Å². The lowest BCUT2D eigenvalue weighted by atomic mass is 10.2. The van der Waals surface area contributed by atoms with E-state index in [1.54, 1.807) is 36.8 Å². The fourth-order valence-corrected chi connectivity index (χ4v) is 1.71. The SMILES string of the molecule is O=C(Nc1cc(-c2cccnc2)[nH]n1)c1ccc[nH]1. The summed E-state index contributed by atoms with van der Waals surface area (Å²) in [6.07, 6.45) is 5.12. The number of H-pyrrole nitrogens is 2. The molecule has 6 heteroatoms. The van der Waals surface area contributed by atoms with Gasteiger partial charge in [0.05, 0.1) is 5.69 Å². The Hall–Kier alpha value is -2.89. The average molecular weight is 253 g/mol. The Bertz CT molecular complexity index is 672. The molecule has 0 saturated carbocycles. The van der Waals surface area contributed by atoms with E-state index in [1.807, 2.05) is 12.1 Å². The monoisotopic (exact) mass is 253 g/mol. The summed E-state index contributed by atoms with van der Waals surface area (Å²) in [6, 6.07) is 8.98. The molecule has 6 nitrogen and oxygen atoms in total. The van der Waals surface area contributed by atoms with Crippen molar-refractivity contribution in [1.82, 2.24) is 20.2 Å². The van der Waals surface area contributed by atoms with E-state index in [2.05, 4.69) is 25.5 Å². The highest BCUT2D eigenvalue weighted by Crippen LogP contribution is 2.18. The molecule has 0 aliphatic heterocycles. The number of carbonyl (C=O) groups excluding carboxylic acids is 1. The smallest absolute Gasteiger partial charge is 0.273 e. The fourth-order valence-electron chi connectivity index (χ4n) is 1.71. The van der Waals surface area contributed by atoms with Gasteiger partial charge < -0.3 is 10.3 Å². The van der Waals surface area contributed by atoms with E-state index in [1.165, 1.54) is 0 Å². The van der Waals surface area contributed by atoms with Crippen LogP contribution in [-0.2, 0) is 0 Å². The van der Waals surface area contributed by atoms with Crippen molar-refractivity contribution in [2.75, 3.05) is 5.32 Å². The molecule has 0 atom stereocenters. The molecule has 0 aliphatic carbocycles. The van der Waals surface area contributed by atoms with Gasteiger partial charge in [-0.1, -0.05) is 0 Å². The molecular formula is C13H11N5O. The van der Waals surface area contributed by atoms with Crippen LogP contribution in [0.1, 0.15) is 10.5 Å². The summed E-state index contributed by atoms with van der Waals surface area (Å²) >= 11 is 0. The van der Waals surface area contributed by atoms with Gasteiger partial charge in [0.25, 0.3) is 5.91 Å². The Labute approximate surface area is 108 Å². The third kappa shape index (κ3) is 2.37. The summed E-state index contributed by atoms with van der Waals surface area (Å²) in [6.45, 7) is 0. The van der Waals surface area contributed by atoms with E-state index in [9.17, 15) is 4.79 Å². The zero-order valence-corrected chi connectivity index (χ0v) is 9.92. The molecule has 0 radical (unpaired) electrons. The number of rotatable bonds is 3. The molecule has 1 amide bonds. The molecular weight excluding hydrogens is 242 g/mol. The van der Waals surface area contributed by atoms with Crippen molar-refractivity contribution in [3.63, 3.8) is 0 Å². The number of amides is 1. The zero-order valence-electron chi connectivity index (χ0n) is 9.92. The van der Waals surface area contributed by atoms with Crippen LogP contribution < -0.4 is 5.32 Å². The zero-order chi connectivity index (χ0) is 13.1. The predicted molar refractivity (Wildman–Crippen MR) is 70.6 cm³/mol. The first kappa shape index (κ1) is 11.2. The van der Waals surface area contributed by atoms with Gasteiger partial charge in [0.1, 0.15) is 5.69 Å². The van der Waals surface area contributed by atoms with Crippen molar-refractivity contribution in [2.45, 2.75) is 0 Å². The number of nitrogens with zero attached hydrogens (tertiary/aromatic N) is 2. The molecule has 3 aromatic heterocycles. The third-order valence-corrected chi connectivity index (χ3v) is 2.63. The first-order valence-electron chi connectivity index (χ1n) is 5.73.